The number of rotatable bonds is 6. The summed E-state index contributed by atoms with van der Waals surface area (Å²) in [5, 5.41) is 4.88. The summed E-state index contributed by atoms with van der Waals surface area (Å²) in [5.41, 5.74) is 0.274. The summed E-state index contributed by atoms with van der Waals surface area (Å²) in [5.74, 6) is -2.47. The van der Waals surface area contributed by atoms with Crippen molar-refractivity contribution in [2.75, 3.05) is 7.05 Å². The zero-order valence-corrected chi connectivity index (χ0v) is 15.4. The standard InChI is InChI=1S/C21H17F2N3O3/c1-24-21(28)19(13-7-9-16(22)17(23)11-13)26-20(27)14-8-10-18(25-12-14)29-15-5-3-2-4-6-15/h2-12,19H,1H3,(H,24,28)(H,26,27). The summed E-state index contributed by atoms with van der Waals surface area (Å²) in [6.07, 6.45) is 1.29. The summed E-state index contributed by atoms with van der Waals surface area (Å²) >= 11 is 0. The Morgan fingerprint density at radius 2 is 1.76 bits per heavy atom. The lowest BCUT2D eigenvalue weighted by molar-refractivity contribution is -0.122. The van der Waals surface area contributed by atoms with Crippen LogP contribution in [0.2, 0.25) is 0 Å². The lowest BCUT2D eigenvalue weighted by Gasteiger charge is -2.18. The number of amides is 2. The summed E-state index contributed by atoms with van der Waals surface area (Å²) in [4.78, 5) is 28.8. The third-order valence-electron chi connectivity index (χ3n) is 4.03. The van der Waals surface area contributed by atoms with Gasteiger partial charge in [0.2, 0.25) is 11.8 Å². The first kappa shape index (κ1) is 19.9. The van der Waals surface area contributed by atoms with Gasteiger partial charge in [-0.1, -0.05) is 24.3 Å². The van der Waals surface area contributed by atoms with E-state index in [9.17, 15) is 18.4 Å². The van der Waals surface area contributed by atoms with Crippen molar-refractivity contribution in [3.63, 3.8) is 0 Å². The van der Waals surface area contributed by atoms with Crippen LogP contribution in [0.3, 0.4) is 0 Å². The third kappa shape index (κ3) is 4.92. The molecule has 1 unspecified atom stereocenters. The minimum Gasteiger partial charge on any atom is -0.439 e. The highest BCUT2D eigenvalue weighted by atomic mass is 19.2. The SMILES string of the molecule is CNC(=O)C(NC(=O)c1ccc(Oc2ccccc2)nc1)c1ccc(F)c(F)c1. The maximum Gasteiger partial charge on any atom is 0.253 e. The van der Waals surface area contributed by atoms with Crippen LogP contribution in [-0.4, -0.2) is 23.8 Å². The number of para-hydroxylation sites is 1. The molecule has 6 nitrogen and oxygen atoms in total. The fourth-order valence-electron chi connectivity index (χ4n) is 2.54. The molecular weight excluding hydrogens is 380 g/mol. The third-order valence-corrected chi connectivity index (χ3v) is 4.03. The number of nitrogens with one attached hydrogen (secondary N) is 2. The van der Waals surface area contributed by atoms with Crippen LogP contribution in [0.4, 0.5) is 8.78 Å². The van der Waals surface area contributed by atoms with Crippen LogP contribution in [0.1, 0.15) is 22.0 Å². The van der Waals surface area contributed by atoms with E-state index in [0.717, 1.165) is 12.1 Å². The second-order valence-electron chi connectivity index (χ2n) is 5.99. The second-order valence-corrected chi connectivity index (χ2v) is 5.99. The molecule has 3 rings (SSSR count). The highest BCUT2D eigenvalue weighted by Gasteiger charge is 2.23. The summed E-state index contributed by atoms with van der Waals surface area (Å²) < 4.78 is 32.3. The summed E-state index contributed by atoms with van der Waals surface area (Å²) in [7, 11) is 1.37. The zero-order chi connectivity index (χ0) is 20.8. The Kier molecular flexibility index (Phi) is 6.13. The highest BCUT2D eigenvalue weighted by Crippen LogP contribution is 2.20. The van der Waals surface area contributed by atoms with Crippen molar-refractivity contribution in [2.24, 2.45) is 0 Å². The Bertz CT molecular complexity index is 1010. The van der Waals surface area contributed by atoms with E-state index < -0.39 is 29.5 Å². The Balaban J connectivity index is 1.75. The largest absolute Gasteiger partial charge is 0.439 e. The van der Waals surface area contributed by atoms with Crippen molar-refractivity contribution in [3.05, 3.63) is 89.6 Å². The van der Waals surface area contributed by atoms with Crippen LogP contribution < -0.4 is 15.4 Å². The number of likely N-dealkylation sites (N-methyl/N-ethyl adjacent to an activating group) is 1. The number of ether oxygens (including phenoxy) is 1. The van der Waals surface area contributed by atoms with Gasteiger partial charge in [-0.05, 0) is 35.9 Å². The quantitative estimate of drug-likeness (QED) is 0.668. The topological polar surface area (TPSA) is 80.3 Å². The fourth-order valence-corrected chi connectivity index (χ4v) is 2.54. The van der Waals surface area contributed by atoms with Crippen molar-refractivity contribution in [1.29, 1.82) is 0 Å². The van der Waals surface area contributed by atoms with Crippen LogP contribution in [0, 0.1) is 11.6 Å². The number of aromatic nitrogens is 1. The van der Waals surface area contributed by atoms with Gasteiger partial charge in [-0.2, -0.15) is 0 Å². The molecule has 2 N–H and O–H groups in total. The van der Waals surface area contributed by atoms with Gasteiger partial charge in [-0.25, -0.2) is 13.8 Å². The lowest BCUT2D eigenvalue weighted by atomic mass is 10.1. The minimum absolute atomic E-state index is 0.105. The van der Waals surface area contributed by atoms with E-state index in [4.69, 9.17) is 4.74 Å². The molecule has 1 aromatic heterocycles. The molecule has 0 fully saturated rings. The lowest BCUT2D eigenvalue weighted by Crippen LogP contribution is -2.39. The van der Waals surface area contributed by atoms with E-state index in [1.54, 1.807) is 12.1 Å². The summed E-state index contributed by atoms with van der Waals surface area (Å²) in [6, 6.07) is 13.8. The van der Waals surface area contributed by atoms with Crippen molar-refractivity contribution < 1.29 is 23.1 Å². The van der Waals surface area contributed by atoms with E-state index in [0.29, 0.717) is 5.75 Å². The maximum absolute atomic E-state index is 13.5. The molecule has 1 heterocycles. The molecule has 0 aliphatic rings. The Hall–Kier alpha value is -3.81. The zero-order valence-electron chi connectivity index (χ0n) is 15.4. The van der Waals surface area contributed by atoms with Gasteiger partial charge in [0.15, 0.2) is 11.6 Å². The smallest absolute Gasteiger partial charge is 0.253 e. The van der Waals surface area contributed by atoms with E-state index >= 15 is 0 Å². The van der Waals surface area contributed by atoms with Gasteiger partial charge in [0, 0.05) is 19.3 Å². The first-order valence-electron chi connectivity index (χ1n) is 8.64. The van der Waals surface area contributed by atoms with Crippen molar-refractivity contribution >= 4 is 11.8 Å². The van der Waals surface area contributed by atoms with Crippen LogP contribution >= 0.6 is 0 Å². The van der Waals surface area contributed by atoms with Gasteiger partial charge in [-0.3, -0.25) is 9.59 Å². The number of carbonyl (C=O) groups excluding carboxylic acids is 2. The number of hydrogen-bond acceptors (Lipinski definition) is 4. The van der Waals surface area contributed by atoms with Crippen LogP contribution in [0.5, 0.6) is 11.6 Å². The highest BCUT2D eigenvalue weighted by molar-refractivity contribution is 5.97. The molecule has 0 saturated carbocycles. The van der Waals surface area contributed by atoms with Crippen LogP contribution in [-0.2, 0) is 4.79 Å². The average Bonchev–Trinajstić information content (AvgIpc) is 2.74. The Morgan fingerprint density at radius 3 is 2.38 bits per heavy atom. The molecule has 0 radical (unpaired) electrons. The van der Waals surface area contributed by atoms with Gasteiger partial charge < -0.3 is 15.4 Å². The van der Waals surface area contributed by atoms with Gasteiger partial charge in [-0.15, -0.1) is 0 Å². The molecule has 29 heavy (non-hydrogen) atoms. The number of hydrogen-bond donors (Lipinski definition) is 2. The van der Waals surface area contributed by atoms with E-state index in [1.807, 2.05) is 18.2 Å². The van der Waals surface area contributed by atoms with Crippen molar-refractivity contribution in [2.45, 2.75) is 6.04 Å². The van der Waals surface area contributed by atoms with E-state index in [2.05, 4.69) is 15.6 Å². The molecule has 3 aromatic rings. The van der Waals surface area contributed by atoms with Gasteiger partial charge >= 0.3 is 0 Å². The second kappa shape index (κ2) is 8.92. The molecule has 148 valence electrons. The molecule has 0 saturated heterocycles. The van der Waals surface area contributed by atoms with Gasteiger partial charge in [0.25, 0.3) is 5.91 Å². The van der Waals surface area contributed by atoms with E-state index in [-0.39, 0.29) is 17.0 Å². The molecule has 0 bridgehead atoms. The minimum atomic E-state index is -1.21. The first-order chi connectivity index (χ1) is 14.0. The molecule has 2 aromatic carbocycles. The molecule has 0 aliphatic carbocycles. The molecule has 2 amide bonds. The van der Waals surface area contributed by atoms with Crippen LogP contribution in [0.25, 0.3) is 0 Å². The monoisotopic (exact) mass is 397 g/mol. The number of benzene rings is 2. The summed E-state index contributed by atoms with van der Waals surface area (Å²) in [6.45, 7) is 0. The van der Waals surface area contributed by atoms with Crippen molar-refractivity contribution in [1.82, 2.24) is 15.6 Å². The number of carbonyl (C=O) groups is 2. The molecule has 1 atom stereocenters. The van der Waals surface area contributed by atoms with Gasteiger partial charge in [0.1, 0.15) is 11.8 Å². The Labute approximate surface area is 165 Å². The van der Waals surface area contributed by atoms with Crippen molar-refractivity contribution in [3.8, 4) is 11.6 Å². The molecule has 0 aliphatic heterocycles. The number of nitrogens with zero attached hydrogens (tertiary/aromatic N) is 1. The first-order valence-corrected chi connectivity index (χ1v) is 8.64. The number of halogens is 2. The van der Waals surface area contributed by atoms with Gasteiger partial charge in [0.05, 0.1) is 5.56 Å². The molecule has 8 heteroatoms. The molecule has 0 spiro atoms. The normalized spacial score (nSPS) is 11.4. The number of pyridine rings is 1. The fraction of sp³-hybridized carbons (Fsp3) is 0.0952. The van der Waals surface area contributed by atoms with E-state index in [1.165, 1.54) is 31.4 Å². The average molecular weight is 397 g/mol. The maximum atomic E-state index is 13.5. The Morgan fingerprint density at radius 1 is 1.00 bits per heavy atom. The molecular formula is C21H17F2N3O3. The predicted molar refractivity (Wildman–Crippen MR) is 101 cm³/mol. The predicted octanol–water partition coefficient (Wildman–Crippen LogP) is 3.37. The van der Waals surface area contributed by atoms with Crippen LogP contribution in [0.15, 0.2) is 66.9 Å².